The summed E-state index contributed by atoms with van der Waals surface area (Å²) in [6, 6.07) is 17.8. The number of nitriles is 1. The number of carbonyl (C=O) groups excluding carboxylic acids is 3. The van der Waals surface area contributed by atoms with Crippen molar-refractivity contribution in [2.45, 2.75) is 19.3 Å². The van der Waals surface area contributed by atoms with Crippen LogP contribution in [0.1, 0.15) is 19.3 Å². The van der Waals surface area contributed by atoms with Gasteiger partial charge in [-0.1, -0.05) is 35.9 Å². The van der Waals surface area contributed by atoms with Gasteiger partial charge in [0.1, 0.15) is 0 Å². The third-order valence-electron chi connectivity index (χ3n) is 4.28. The van der Waals surface area contributed by atoms with Crippen LogP contribution < -0.4 is 10.2 Å². The van der Waals surface area contributed by atoms with Crippen molar-refractivity contribution in [1.29, 1.82) is 5.26 Å². The van der Waals surface area contributed by atoms with Crippen LogP contribution in [0.25, 0.3) is 0 Å². The zero-order valence-electron chi connectivity index (χ0n) is 16.7. The predicted octanol–water partition coefficient (Wildman–Crippen LogP) is 3.46. The standard InChI is InChI=1S/C22H23ClN4O3/c1-26(16-20(28)25-18-8-5-7-17(23)15-18)21(29)11-12-22(30)27(14-6-13-24)19-9-3-2-4-10-19/h2-5,7-10,15H,6,11-12,14,16H2,1H3,(H,25,28). The van der Waals surface area contributed by atoms with Crippen molar-refractivity contribution < 1.29 is 14.4 Å². The fraction of sp³-hybridized carbons (Fsp3) is 0.273. The quantitative estimate of drug-likeness (QED) is 0.664. The van der Waals surface area contributed by atoms with Crippen LogP contribution in [0.4, 0.5) is 11.4 Å². The van der Waals surface area contributed by atoms with Crippen LogP contribution in [0.15, 0.2) is 54.6 Å². The van der Waals surface area contributed by atoms with Gasteiger partial charge in [-0.3, -0.25) is 14.4 Å². The van der Waals surface area contributed by atoms with Gasteiger partial charge in [0.2, 0.25) is 17.7 Å². The molecule has 0 heterocycles. The number of benzene rings is 2. The third-order valence-corrected chi connectivity index (χ3v) is 4.52. The number of likely N-dealkylation sites (N-methyl/N-ethyl adjacent to an activating group) is 1. The fourth-order valence-electron chi connectivity index (χ4n) is 2.78. The van der Waals surface area contributed by atoms with Crippen LogP contribution in [0.2, 0.25) is 5.02 Å². The molecule has 0 saturated carbocycles. The highest BCUT2D eigenvalue weighted by atomic mass is 35.5. The average molecular weight is 427 g/mol. The number of para-hydroxylation sites is 1. The van der Waals surface area contributed by atoms with E-state index >= 15 is 0 Å². The lowest BCUT2D eigenvalue weighted by molar-refractivity contribution is -0.134. The number of nitrogens with zero attached hydrogens (tertiary/aromatic N) is 3. The first kappa shape index (κ1) is 22.9. The van der Waals surface area contributed by atoms with Crippen molar-refractivity contribution in [3.05, 3.63) is 59.6 Å². The van der Waals surface area contributed by atoms with Crippen molar-refractivity contribution in [3.8, 4) is 6.07 Å². The molecular weight excluding hydrogens is 404 g/mol. The monoisotopic (exact) mass is 426 g/mol. The Hall–Kier alpha value is -3.37. The maximum absolute atomic E-state index is 12.6. The SMILES string of the molecule is CN(CC(=O)Nc1cccc(Cl)c1)C(=O)CCC(=O)N(CCC#N)c1ccccc1. The summed E-state index contributed by atoms with van der Waals surface area (Å²) in [7, 11) is 1.51. The van der Waals surface area contributed by atoms with Crippen LogP contribution in [-0.2, 0) is 14.4 Å². The summed E-state index contributed by atoms with van der Waals surface area (Å²) in [5.41, 5.74) is 1.22. The molecule has 0 unspecified atom stereocenters. The number of hydrogen-bond acceptors (Lipinski definition) is 4. The summed E-state index contributed by atoms with van der Waals surface area (Å²) in [4.78, 5) is 39.9. The topological polar surface area (TPSA) is 93.5 Å². The zero-order chi connectivity index (χ0) is 21.9. The summed E-state index contributed by atoms with van der Waals surface area (Å²) in [6.45, 7) is 0.113. The molecule has 2 aromatic carbocycles. The lowest BCUT2D eigenvalue weighted by atomic mass is 10.2. The number of nitrogens with one attached hydrogen (secondary N) is 1. The highest BCUT2D eigenvalue weighted by Crippen LogP contribution is 2.16. The average Bonchev–Trinajstić information content (AvgIpc) is 2.72. The molecule has 8 heteroatoms. The Morgan fingerprint density at radius 1 is 1.03 bits per heavy atom. The first-order valence-corrected chi connectivity index (χ1v) is 9.80. The van der Waals surface area contributed by atoms with Gasteiger partial charge in [0.05, 0.1) is 19.0 Å². The first-order valence-electron chi connectivity index (χ1n) is 9.42. The van der Waals surface area contributed by atoms with Crippen LogP contribution in [0, 0.1) is 11.3 Å². The number of hydrogen-bond donors (Lipinski definition) is 1. The summed E-state index contributed by atoms with van der Waals surface area (Å²) < 4.78 is 0. The molecule has 0 radical (unpaired) electrons. The van der Waals surface area contributed by atoms with E-state index in [4.69, 9.17) is 16.9 Å². The van der Waals surface area contributed by atoms with Crippen LogP contribution in [0.5, 0.6) is 0 Å². The van der Waals surface area contributed by atoms with Gasteiger partial charge in [-0.15, -0.1) is 0 Å². The molecule has 0 aliphatic heterocycles. The number of halogens is 1. The number of anilines is 2. The minimum absolute atomic E-state index is 0.0145. The van der Waals surface area contributed by atoms with E-state index in [9.17, 15) is 14.4 Å². The van der Waals surface area contributed by atoms with Crippen molar-refractivity contribution in [2.24, 2.45) is 0 Å². The molecule has 0 aliphatic carbocycles. The van der Waals surface area contributed by atoms with Gasteiger partial charge in [0, 0.05) is 42.8 Å². The zero-order valence-corrected chi connectivity index (χ0v) is 17.4. The molecule has 0 saturated heterocycles. The minimum Gasteiger partial charge on any atom is -0.336 e. The maximum Gasteiger partial charge on any atom is 0.243 e. The highest BCUT2D eigenvalue weighted by molar-refractivity contribution is 6.30. The van der Waals surface area contributed by atoms with E-state index in [0.29, 0.717) is 16.4 Å². The van der Waals surface area contributed by atoms with E-state index in [1.54, 1.807) is 48.5 Å². The lowest BCUT2D eigenvalue weighted by Crippen LogP contribution is -2.36. The molecule has 156 valence electrons. The summed E-state index contributed by atoms with van der Waals surface area (Å²) >= 11 is 5.89. The van der Waals surface area contributed by atoms with Gasteiger partial charge < -0.3 is 15.1 Å². The lowest BCUT2D eigenvalue weighted by Gasteiger charge is -2.22. The largest absolute Gasteiger partial charge is 0.336 e. The third kappa shape index (κ3) is 7.22. The van der Waals surface area contributed by atoms with E-state index in [0.717, 1.165) is 0 Å². The molecule has 1 N–H and O–H groups in total. The first-order chi connectivity index (χ1) is 14.4. The summed E-state index contributed by atoms with van der Waals surface area (Å²) in [6.07, 6.45) is 0.146. The van der Waals surface area contributed by atoms with Crippen molar-refractivity contribution in [1.82, 2.24) is 4.90 Å². The van der Waals surface area contributed by atoms with Gasteiger partial charge >= 0.3 is 0 Å². The molecule has 2 aromatic rings. The normalized spacial score (nSPS) is 10.0. The van der Waals surface area contributed by atoms with Gasteiger partial charge in [0.25, 0.3) is 0 Å². The Morgan fingerprint density at radius 2 is 1.73 bits per heavy atom. The van der Waals surface area contributed by atoms with Gasteiger partial charge in [0.15, 0.2) is 0 Å². The Balaban J connectivity index is 1.87. The fourth-order valence-corrected chi connectivity index (χ4v) is 2.97. The molecule has 0 aromatic heterocycles. The van der Waals surface area contributed by atoms with Crippen LogP contribution in [-0.4, -0.2) is 42.8 Å². The smallest absolute Gasteiger partial charge is 0.243 e. The maximum atomic E-state index is 12.6. The number of amides is 3. The van der Waals surface area contributed by atoms with E-state index in [2.05, 4.69) is 5.32 Å². The van der Waals surface area contributed by atoms with Crippen molar-refractivity contribution in [3.63, 3.8) is 0 Å². The molecule has 3 amide bonds. The molecule has 30 heavy (non-hydrogen) atoms. The molecule has 0 aliphatic rings. The van der Waals surface area contributed by atoms with E-state index in [1.807, 2.05) is 12.1 Å². The Bertz CT molecular complexity index is 927. The number of carbonyl (C=O) groups is 3. The second kappa shape index (κ2) is 11.6. The molecule has 2 rings (SSSR count). The summed E-state index contributed by atoms with van der Waals surface area (Å²) in [5.74, 6) is -0.932. The second-order valence-corrected chi connectivity index (χ2v) is 7.03. The van der Waals surface area contributed by atoms with Crippen molar-refractivity contribution in [2.75, 3.05) is 30.4 Å². The molecule has 0 spiro atoms. The summed E-state index contributed by atoms with van der Waals surface area (Å²) in [5, 5.41) is 12.0. The molecule has 0 bridgehead atoms. The van der Waals surface area contributed by atoms with Gasteiger partial charge in [-0.25, -0.2) is 0 Å². The minimum atomic E-state index is -0.362. The molecule has 0 fully saturated rings. The van der Waals surface area contributed by atoms with Crippen molar-refractivity contribution >= 4 is 40.7 Å². The van der Waals surface area contributed by atoms with E-state index in [-0.39, 0.29) is 50.1 Å². The van der Waals surface area contributed by atoms with Gasteiger partial charge in [-0.05, 0) is 30.3 Å². The Labute approximate surface area is 180 Å². The molecule has 0 atom stereocenters. The van der Waals surface area contributed by atoms with E-state index in [1.165, 1.54) is 16.8 Å². The van der Waals surface area contributed by atoms with Crippen LogP contribution >= 0.6 is 11.6 Å². The Kier molecular flexibility index (Phi) is 8.85. The van der Waals surface area contributed by atoms with Crippen LogP contribution in [0.3, 0.4) is 0 Å². The van der Waals surface area contributed by atoms with Gasteiger partial charge in [-0.2, -0.15) is 5.26 Å². The number of rotatable bonds is 9. The second-order valence-electron chi connectivity index (χ2n) is 6.60. The molecule has 7 nitrogen and oxygen atoms in total. The van der Waals surface area contributed by atoms with E-state index < -0.39 is 0 Å². The predicted molar refractivity (Wildman–Crippen MR) is 116 cm³/mol. The Morgan fingerprint density at radius 3 is 2.40 bits per heavy atom. The molecular formula is C22H23ClN4O3. The highest BCUT2D eigenvalue weighted by Gasteiger charge is 2.19.